The van der Waals surface area contributed by atoms with Gasteiger partial charge in [-0.25, -0.2) is 0 Å². The highest BCUT2D eigenvalue weighted by molar-refractivity contribution is 5.64. The Balaban J connectivity index is 1.15. The molecule has 0 radical (unpaired) electrons. The van der Waals surface area contributed by atoms with Gasteiger partial charge in [0.15, 0.2) is 0 Å². The number of benzene rings is 3. The van der Waals surface area contributed by atoms with Crippen molar-refractivity contribution in [3.05, 3.63) is 77.9 Å². The Morgan fingerprint density at radius 3 is 1.37 bits per heavy atom. The van der Waals surface area contributed by atoms with E-state index < -0.39 is 0 Å². The molecular weight excluding hydrogens is 528 g/mol. The fourth-order valence-electron chi connectivity index (χ4n) is 5.05. The molecule has 0 aliphatic rings. The van der Waals surface area contributed by atoms with Gasteiger partial charge in [-0.1, -0.05) is 114 Å². The number of terminal acetylenes is 2. The summed E-state index contributed by atoms with van der Waals surface area (Å²) in [4.78, 5) is 0. The van der Waals surface area contributed by atoms with E-state index >= 15 is 0 Å². The molecule has 228 valence electrons. The second kappa shape index (κ2) is 21.0. The van der Waals surface area contributed by atoms with Gasteiger partial charge in [0.1, 0.15) is 17.2 Å². The monoisotopic (exact) mass is 578 g/mol. The van der Waals surface area contributed by atoms with Crippen LogP contribution in [0.4, 0.5) is 0 Å². The van der Waals surface area contributed by atoms with Crippen LogP contribution in [0.5, 0.6) is 17.2 Å². The minimum Gasteiger partial charge on any atom is -0.494 e. The number of rotatable bonds is 22. The Morgan fingerprint density at radius 2 is 0.930 bits per heavy atom. The number of hydrogen-bond donors (Lipinski definition) is 0. The molecule has 0 atom stereocenters. The lowest BCUT2D eigenvalue weighted by Crippen LogP contribution is -1.99. The van der Waals surface area contributed by atoms with Gasteiger partial charge in [0.2, 0.25) is 0 Å². The van der Waals surface area contributed by atoms with Gasteiger partial charge in [-0.05, 0) is 72.9 Å². The summed E-state index contributed by atoms with van der Waals surface area (Å²) < 4.78 is 17.7. The zero-order chi connectivity index (χ0) is 30.4. The van der Waals surface area contributed by atoms with E-state index in [1.165, 1.54) is 81.8 Å². The Labute approximate surface area is 261 Å². The van der Waals surface area contributed by atoms with E-state index in [2.05, 4.69) is 67.3 Å². The van der Waals surface area contributed by atoms with Gasteiger partial charge >= 0.3 is 0 Å². The fraction of sp³-hybridized carbons (Fsp3) is 0.450. The summed E-state index contributed by atoms with van der Waals surface area (Å²) in [5.74, 6) is 7.91. The molecule has 0 saturated heterocycles. The van der Waals surface area contributed by atoms with E-state index in [4.69, 9.17) is 27.1 Å². The van der Waals surface area contributed by atoms with Gasteiger partial charge in [0, 0.05) is 5.56 Å². The van der Waals surface area contributed by atoms with Crippen molar-refractivity contribution in [1.29, 1.82) is 0 Å². The van der Waals surface area contributed by atoms with E-state index in [0.717, 1.165) is 60.9 Å². The van der Waals surface area contributed by atoms with E-state index in [-0.39, 0.29) is 0 Å². The van der Waals surface area contributed by atoms with E-state index in [9.17, 15) is 0 Å². The smallest absolute Gasteiger partial charge is 0.134 e. The Hall–Kier alpha value is -3.82. The van der Waals surface area contributed by atoms with Crippen LogP contribution in [0.3, 0.4) is 0 Å². The van der Waals surface area contributed by atoms with Crippen LogP contribution in [0.25, 0.3) is 11.1 Å². The van der Waals surface area contributed by atoms with E-state index in [1.54, 1.807) is 0 Å². The predicted octanol–water partition coefficient (Wildman–Crippen LogP) is 10.6. The van der Waals surface area contributed by atoms with Crippen molar-refractivity contribution in [3.8, 4) is 53.1 Å². The maximum Gasteiger partial charge on any atom is 0.134 e. The molecule has 0 aliphatic heterocycles. The third kappa shape index (κ3) is 13.4. The van der Waals surface area contributed by atoms with Crippen molar-refractivity contribution in [3.63, 3.8) is 0 Å². The molecule has 3 rings (SSSR count). The SMILES string of the molecule is C#Cc1ccc(OCCCCCCCCCCCCOc2ccc(-c3ccc(OCCCCCC)cc3)cc2)c(C#C)c1. The van der Waals surface area contributed by atoms with Crippen molar-refractivity contribution < 1.29 is 14.2 Å². The average Bonchev–Trinajstić information content (AvgIpc) is 3.05. The maximum absolute atomic E-state index is 5.98. The zero-order valence-electron chi connectivity index (χ0n) is 26.3. The number of hydrogen-bond acceptors (Lipinski definition) is 3. The van der Waals surface area contributed by atoms with Gasteiger partial charge in [-0.3, -0.25) is 0 Å². The Kier molecular flexibility index (Phi) is 16.4. The molecule has 0 bridgehead atoms. The minimum absolute atomic E-state index is 0.694. The highest BCUT2D eigenvalue weighted by Crippen LogP contribution is 2.25. The molecule has 0 fully saturated rings. The van der Waals surface area contributed by atoms with Crippen LogP contribution in [-0.2, 0) is 0 Å². The maximum atomic E-state index is 5.98. The summed E-state index contributed by atoms with van der Waals surface area (Å²) in [7, 11) is 0. The Morgan fingerprint density at radius 1 is 0.488 bits per heavy atom. The average molecular weight is 579 g/mol. The van der Waals surface area contributed by atoms with Crippen LogP contribution >= 0.6 is 0 Å². The summed E-state index contributed by atoms with van der Waals surface area (Å²) in [5.41, 5.74) is 3.90. The van der Waals surface area contributed by atoms with Crippen LogP contribution in [0.2, 0.25) is 0 Å². The first kappa shape index (κ1) is 33.7. The summed E-state index contributed by atoms with van der Waals surface area (Å²) in [5, 5.41) is 0. The zero-order valence-corrected chi connectivity index (χ0v) is 26.3. The summed E-state index contributed by atoms with van der Waals surface area (Å²) >= 11 is 0. The van der Waals surface area contributed by atoms with Crippen molar-refractivity contribution in [2.45, 2.75) is 96.8 Å². The molecular formula is C40H50O3. The van der Waals surface area contributed by atoms with E-state index in [0.29, 0.717) is 6.61 Å². The fourth-order valence-corrected chi connectivity index (χ4v) is 5.05. The highest BCUT2D eigenvalue weighted by atomic mass is 16.5. The summed E-state index contributed by atoms with van der Waals surface area (Å²) in [6.45, 7) is 4.50. The highest BCUT2D eigenvalue weighted by Gasteiger charge is 2.03. The Bertz CT molecular complexity index is 1240. The van der Waals surface area contributed by atoms with Gasteiger partial charge in [0.25, 0.3) is 0 Å². The topological polar surface area (TPSA) is 27.7 Å². The number of unbranched alkanes of at least 4 members (excludes halogenated alkanes) is 12. The van der Waals surface area contributed by atoms with Gasteiger partial charge in [0.05, 0.1) is 25.4 Å². The third-order valence-corrected chi connectivity index (χ3v) is 7.68. The quantitative estimate of drug-likeness (QED) is 0.0877. The standard InChI is InChI=1S/C40H50O3/c1-4-7-8-17-30-41-38-25-21-36(22-26-38)37-23-27-39(28-24-37)42-31-18-15-13-11-9-10-12-14-16-19-32-43-40-29-20-34(5-2)33-35(40)6-3/h2-3,20-29,33H,4,7-19,30-32H2,1H3. The molecule has 0 unspecified atom stereocenters. The largest absolute Gasteiger partial charge is 0.494 e. The molecule has 0 saturated carbocycles. The molecule has 3 aromatic rings. The van der Waals surface area contributed by atoms with Crippen LogP contribution in [0.15, 0.2) is 66.7 Å². The first-order chi connectivity index (χ1) is 21.2. The molecule has 3 heteroatoms. The molecule has 43 heavy (non-hydrogen) atoms. The lowest BCUT2D eigenvalue weighted by molar-refractivity contribution is 0.302. The lowest BCUT2D eigenvalue weighted by Gasteiger charge is -2.09. The first-order valence-corrected chi connectivity index (χ1v) is 16.4. The molecule has 0 spiro atoms. The number of ether oxygens (including phenoxy) is 3. The molecule has 3 aromatic carbocycles. The molecule has 0 aliphatic carbocycles. The normalized spacial score (nSPS) is 10.6. The van der Waals surface area contributed by atoms with Crippen LogP contribution in [-0.4, -0.2) is 19.8 Å². The molecule has 0 N–H and O–H groups in total. The van der Waals surface area contributed by atoms with Gasteiger partial charge < -0.3 is 14.2 Å². The van der Waals surface area contributed by atoms with Crippen LogP contribution in [0, 0.1) is 24.7 Å². The van der Waals surface area contributed by atoms with Crippen molar-refractivity contribution in [2.24, 2.45) is 0 Å². The summed E-state index contributed by atoms with van der Waals surface area (Å²) in [6.07, 6.45) is 28.2. The minimum atomic E-state index is 0.694. The van der Waals surface area contributed by atoms with E-state index in [1.807, 2.05) is 18.2 Å². The van der Waals surface area contributed by atoms with Crippen LogP contribution < -0.4 is 14.2 Å². The second-order valence-electron chi connectivity index (χ2n) is 11.2. The molecule has 0 heterocycles. The molecule has 3 nitrogen and oxygen atoms in total. The molecule has 0 aromatic heterocycles. The van der Waals surface area contributed by atoms with Crippen LogP contribution in [0.1, 0.15) is 108 Å². The second-order valence-corrected chi connectivity index (χ2v) is 11.2. The van der Waals surface area contributed by atoms with Gasteiger partial charge in [-0.15, -0.1) is 12.8 Å². The molecule has 0 amide bonds. The van der Waals surface area contributed by atoms with Crippen molar-refractivity contribution >= 4 is 0 Å². The summed E-state index contributed by atoms with van der Waals surface area (Å²) in [6, 6.07) is 22.4. The predicted molar refractivity (Wildman–Crippen MR) is 181 cm³/mol. The lowest BCUT2D eigenvalue weighted by atomic mass is 10.1. The van der Waals surface area contributed by atoms with Crippen molar-refractivity contribution in [2.75, 3.05) is 19.8 Å². The van der Waals surface area contributed by atoms with Crippen molar-refractivity contribution in [1.82, 2.24) is 0 Å². The van der Waals surface area contributed by atoms with Gasteiger partial charge in [-0.2, -0.15) is 0 Å². The first-order valence-electron chi connectivity index (χ1n) is 16.4. The third-order valence-electron chi connectivity index (χ3n) is 7.68.